The average Bonchev–Trinajstić information content (AvgIpc) is 3.35. The zero-order valence-electron chi connectivity index (χ0n) is 33.0. The Bertz CT molecular complexity index is 2150. The Kier molecular flexibility index (Phi) is 12.7. The number of nitrogens with zero attached hydrogens (tertiary/aromatic N) is 5. The number of carbonyl (C=O) groups is 4. The summed E-state index contributed by atoms with van der Waals surface area (Å²) in [5.41, 5.74) is 0.384. The summed E-state index contributed by atoms with van der Waals surface area (Å²) in [6, 6.07) is 18.1. The van der Waals surface area contributed by atoms with Crippen molar-refractivity contribution in [3.63, 3.8) is 0 Å². The number of aryl methyl sites for hydroxylation is 1. The SMILES string of the molecule is CCc1cc(N2C(=S)N(c3ccc(C#N)c(C(F)(F)F)c3)C(=O)C2(C)C)ccc1OCCN1CCN(CC(=O)Cc2cccc(C[C@@H]3CCC(=O)NC3=O)c2)[C@H](C)C1. The number of imide groups is 1. The number of halogens is 3. The van der Waals surface area contributed by atoms with Crippen molar-refractivity contribution in [3.8, 4) is 11.8 Å². The number of ketones is 1. The van der Waals surface area contributed by atoms with Gasteiger partial charge in [-0.25, -0.2) is 0 Å². The number of rotatable bonds is 13. The van der Waals surface area contributed by atoms with E-state index in [4.69, 9.17) is 17.0 Å². The van der Waals surface area contributed by atoms with Gasteiger partial charge in [0.2, 0.25) is 11.8 Å². The largest absolute Gasteiger partial charge is 0.492 e. The smallest absolute Gasteiger partial charge is 0.417 e. The molecule has 2 atom stereocenters. The number of piperidine rings is 1. The number of benzene rings is 3. The molecule has 0 aromatic heterocycles. The molecule has 3 aliphatic rings. The predicted molar refractivity (Wildman–Crippen MR) is 216 cm³/mol. The number of anilines is 2. The summed E-state index contributed by atoms with van der Waals surface area (Å²) in [5.74, 6) is -0.416. The molecule has 3 amide bonds. The van der Waals surface area contributed by atoms with E-state index in [1.54, 1.807) is 30.9 Å². The zero-order chi connectivity index (χ0) is 41.9. The Hall–Kier alpha value is -5.17. The van der Waals surface area contributed by atoms with Gasteiger partial charge >= 0.3 is 6.18 Å². The molecule has 3 aromatic carbocycles. The zero-order valence-corrected chi connectivity index (χ0v) is 33.8. The van der Waals surface area contributed by atoms with E-state index in [2.05, 4.69) is 22.0 Å². The summed E-state index contributed by atoms with van der Waals surface area (Å²) in [7, 11) is 0. The molecule has 0 saturated carbocycles. The van der Waals surface area contributed by atoms with E-state index < -0.39 is 28.7 Å². The highest BCUT2D eigenvalue weighted by molar-refractivity contribution is 7.81. The van der Waals surface area contributed by atoms with Crippen molar-refractivity contribution in [1.82, 2.24) is 15.1 Å². The Morgan fingerprint density at radius 2 is 1.78 bits per heavy atom. The summed E-state index contributed by atoms with van der Waals surface area (Å²) in [6.07, 6.45) is -2.48. The monoisotopic (exact) mass is 816 g/mol. The highest BCUT2D eigenvalue weighted by atomic mass is 32.1. The first-order valence-corrected chi connectivity index (χ1v) is 19.9. The second-order valence-corrected chi connectivity index (χ2v) is 16.0. The van der Waals surface area contributed by atoms with Gasteiger partial charge in [-0.15, -0.1) is 0 Å². The third-order valence-electron chi connectivity index (χ3n) is 11.2. The van der Waals surface area contributed by atoms with Crippen LogP contribution in [0.15, 0.2) is 60.7 Å². The normalized spacial score (nSPS) is 20.3. The Balaban J connectivity index is 1.01. The van der Waals surface area contributed by atoms with E-state index in [0.717, 1.165) is 53.4 Å². The van der Waals surface area contributed by atoms with Gasteiger partial charge in [0.05, 0.1) is 29.4 Å². The maximum absolute atomic E-state index is 13.8. The van der Waals surface area contributed by atoms with Gasteiger partial charge in [-0.2, -0.15) is 18.4 Å². The number of nitrogens with one attached hydrogen (secondary N) is 1. The number of hydrogen-bond acceptors (Lipinski definition) is 9. The summed E-state index contributed by atoms with van der Waals surface area (Å²) >= 11 is 5.72. The summed E-state index contributed by atoms with van der Waals surface area (Å²) in [6.45, 7) is 11.1. The fourth-order valence-electron chi connectivity index (χ4n) is 7.97. The molecule has 0 aliphatic carbocycles. The Morgan fingerprint density at radius 1 is 1.03 bits per heavy atom. The lowest BCUT2D eigenvalue weighted by molar-refractivity contribution is -0.138. The van der Waals surface area contributed by atoms with Crippen LogP contribution in [0.2, 0.25) is 0 Å². The molecule has 0 bridgehead atoms. The molecule has 58 heavy (non-hydrogen) atoms. The predicted octanol–water partition coefficient (Wildman–Crippen LogP) is 5.85. The van der Waals surface area contributed by atoms with Gasteiger partial charge in [-0.1, -0.05) is 31.2 Å². The second kappa shape index (κ2) is 17.4. The maximum Gasteiger partial charge on any atom is 0.417 e. The molecule has 306 valence electrons. The molecule has 1 N–H and O–H groups in total. The van der Waals surface area contributed by atoms with Gasteiger partial charge in [0.1, 0.15) is 17.9 Å². The number of Topliss-reactive ketones (excluding diaryl/α,β-unsaturated/α-hetero) is 1. The molecule has 11 nitrogen and oxygen atoms in total. The van der Waals surface area contributed by atoms with Crippen LogP contribution < -0.4 is 19.9 Å². The minimum atomic E-state index is -4.79. The van der Waals surface area contributed by atoms with Crippen molar-refractivity contribution >= 4 is 52.2 Å². The lowest BCUT2D eigenvalue weighted by Gasteiger charge is -2.39. The minimum absolute atomic E-state index is 0.0229. The van der Waals surface area contributed by atoms with Crippen LogP contribution >= 0.6 is 12.2 Å². The van der Waals surface area contributed by atoms with E-state index >= 15 is 0 Å². The number of thiocarbonyl (C=S) groups is 1. The molecular formula is C43H47F3N6O5S. The Labute approximate surface area is 341 Å². The molecule has 6 rings (SSSR count). The van der Waals surface area contributed by atoms with Gasteiger partial charge in [0, 0.05) is 56.7 Å². The van der Waals surface area contributed by atoms with Gasteiger partial charge in [0.25, 0.3) is 5.91 Å². The average molecular weight is 817 g/mol. The van der Waals surface area contributed by atoms with Gasteiger partial charge in [-0.05, 0) is 105 Å². The van der Waals surface area contributed by atoms with E-state index in [0.29, 0.717) is 63.2 Å². The van der Waals surface area contributed by atoms with Crippen LogP contribution in [0.5, 0.6) is 5.75 Å². The first-order chi connectivity index (χ1) is 27.5. The number of amides is 3. The van der Waals surface area contributed by atoms with Crippen LogP contribution in [-0.4, -0.2) is 89.3 Å². The van der Waals surface area contributed by atoms with Crippen LogP contribution in [0.25, 0.3) is 0 Å². The number of piperazine rings is 1. The van der Waals surface area contributed by atoms with Crippen molar-refractivity contribution in [3.05, 3.63) is 88.5 Å². The number of hydrogen-bond donors (Lipinski definition) is 1. The van der Waals surface area contributed by atoms with Gasteiger partial charge in [0.15, 0.2) is 10.9 Å². The molecule has 3 aromatic rings. The minimum Gasteiger partial charge on any atom is -0.492 e. The third kappa shape index (κ3) is 9.25. The topological polar surface area (TPSA) is 126 Å². The Morgan fingerprint density at radius 3 is 2.47 bits per heavy atom. The first-order valence-electron chi connectivity index (χ1n) is 19.5. The lowest BCUT2D eigenvalue weighted by atomic mass is 9.90. The summed E-state index contributed by atoms with van der Waals surface area (Å²) < 4.78 is 47.6. The number of alkyl halides is 3. The number of nitriles is 1. The van der Waals surface area contributed by atoms with Crippen molar-refractivity contribution in [1.29, 1.82) is 5.26 Å². The number of ether oxygens (including phenoxy) is 1. The molecule has 3 aliphatic heterocycles. The molecule has 0 spiro atoms. The highest BCUT2D eigenvalue weighted by Gasteiger charge is 2.51. The molecule has 0 unspecified atom stereocenters. The molecule has 3 heterocycles. The highest BCUT2D eigenvalue weighted by Crippen LogP contribution is 2.40. The van der Waals surface area contributed by atoms with Gasteiger partial charge in [-0.3, -0.25) is 39.2 Å². The second-order valence-electron chi connectivity index (χ2n) is 15.7. The van der Waals surface area contributed by atoms with Crippen LogP contribution in [0, 0.1) is 17.2 Å². The van der Waals surface area contributed by atoms with Crippen LogP contribution in [0.4, 0.5) is 24.5 Å². The third-order valence-corrected chi connectivity index (χ3v) is 11.5. The molecule has 3 fully saturated rings. The van der Waals surface area contributed by atoms with Crippen molar-refractivity contribution in [2.75, 3.05) is 49.1 Å². The van der Waals surface area contributed by atoms with E-state index in [9.17, 15) is 37.6 Å². The molecule has 0 radical (unpaired) electrons. The van der Waals surface area contributed by atoms with E-state index in [1.807, 2.05) is 43.3 Å². The van der Waals surface area contributed by atoms with Crippen LogP contribution in [0.1, 0.15) is 68.4 Å². The van der Waals surface area contributed by atoms with Crippen LogP contribution in [-0.2, 0) is 44.6 Å². The fraction of sp³-hybridized carbons (Fsp3) is 0.442. The molecular weight excluding hydrogens is 770 g/mol. The van der Waals surface area contributed by atoms with Crippen molar-refractivity contribution in [2.24, 2.45) is 5.92 Å². The van der Waals surface area contributed by atoms with Gasteiger partial charge < -0.3 is 9.64 Å². The molecule has 15 heteroatoms. The molecule has 3 saturated heterocycles. The van der Waals surface area contributed by atoms with Crippen LogP contribution in [0.3, 0.4) is 0 Å². The first kappa shape index (κ1) is 42.4. The summed E-state index contributed by atoms with van der Waals surface area (Å²) in [5, 5.41) is 11.7. The summed E-state index contributed by atoms with van der Waals surface area (Å²) in [4.78, 5) is 57.8. The van der Waals surface area contributed by atoms with E-state index in [-0.39, 0.29) is 40.4 Å². The lowest BCUT2D eigenvalue weighted by Crippen LogP contribution is -2.53. The fourth-order valence-corrected chi connectivity index (χ4v) is 8.49. The quantitative estimate of drug-likeness (QED) is 0.166. The van der Waals surface area contributed by atoms with Crippen molar-refractivity contribution < 1.29 is 37.1 Å². The maximum atomic E-state index is 13.8. The standard InChI is InChI=1S/C43H47F3N6O5S/c1-5-30-22-34(52-41(58)51(40(56)42(52,3)4)33-11-9-32(24-47)36(23-33)43(44,45)46)12-13-37(30)57-18-17-49-15-16-50(27(2)25-49)26-35(53)21-29-8-6-7-28(19-29)20-31-10-14-38(54)48-39(31)55/h6-9,11-13,19,22-23,27,31H,5,10,14-18,20-21,25-26H2,1-4H3,(H,48,54,55)/t27-,31+/m1/s1. The van der Waals surface area contributed by atoms with E-state index in [1.165, 1.54) is 6.07 Å². The van der Waals surface area contributed by atoms with Crippen molar-refractivity contribution in [2.45, 2.75) is 77.6 Å². The number of carbonyl (C=O) groups excluding carboxylic acids is 4.